The minimum absolute atomic E-state index is 0.0673. The summed E-state index contributed by atoms with van der Waals surface area (Å²) in [6, 6.07) is 0. The van der Waals surface area contributed by atoms with Crippen LogP contribution in [-0.4, -0.2) is 30.7 Å². The van der Waals surface area contributed by atoms with Gasteiger partial charge in [-0.05, 0) is 26.2 Å². The van der Waals surface area contributed by atoms with Crippen molar-refractivity contribution in [2.75, 3.05) is 19.8 Å². The molecule has 3 N–H and O–H groups in total. The molecule has 0 radical (unpaired) electrons. The molecule has 0 bridgehead atoms. The SMILES string of the molecule is CCOCCCC(=O)NCCCC(N)=S. The predicted molar refractivity (Wildman–Crippen MR) is 64.8 cm³/mol. The topological polar surface area (TPSA) is 64.3 Å². The van der Waals surface area contributed by atoms with Gasteiger partial charge in [-0.2, -0.15) is 0 Å². The van der Waals surface area contributed by atoms with Crippen molar-refractivity contribution in [3.63, 3.8) is 0 Å². The lowest BCUT2D eigenvalue weighted by molar-refractivity contribution is -0.121. The number of hydrogen-bond acceptors (Lipinski definition) is 3. The number of hydrogen-bond donors (Lipinski definition) is 2. The molecule has 0 aromatic rings. The minimum Gasteiger partial charge on any atom is -0.393 e. The monoisotopic (exact) mass is 232 g/mol. The number of nitrogens with two attached hydrogens (primary N) is 1. The van der Waals surface area contributed by atoms with Crippen LogP contribution in [0, 0.1) is 0 Å². The number of carbonyl (C=O) groups is 1. The van der Waals surface area contributed by atoms with Crippen LogP contribution in [0.3, 0.4) is 0 Å². The van der Waals surface area contributed by atoms with Crippen molar-refractivity contribution < 1.29 is 9.53 Å². The summed E-state index contributed by atoms with van der Waals surface area (Å²) in [6.45, 7) is 3.94. The summed E-state index contributed by atoms with van der Waals surface area (Å²) in [7, 11) is 0. The molecule has 0 aromatic carbocycles. The van der Waals surface area contributed by atoms with Crippen molar-refractivity contribution in [3.05, 3.63) is 0 Å². The molecule has 4 nitrogen and oxygen atoms in total. The Morgan fingerprint density at radius 2 is 2.13 bits per heavy atom. The van der Waals surface area contributed by atoms with Crippen LogP contribution in [0.1, 0.15) is 32.6 Å². The van der Waals surface area contributed by atoms with Crippen LogP contribution >= 0.6 is 12.2 Å². The van der Waals surface area contributed by atoms with E-state index in [1.165, 1.54) is 0 Å². The fraction of sp³-hybridized carbons (Fsp3) is 0.800. The standard InChI is InChI=1S/C10H20N2O2S/c1-2-14-8-4-6-10(13)12-7-3-5-9(11)15/h2-8H2,1H3,(H2,11,15)(H,12,13). The zero-order valence-electron chi connectivity index (χ0n) is 9.25. The molecule has 0 unspecified atom stereocenters. The molecule has 0 aliphatic heterocycles. The van der Waals surface area contributed by atoms with Gasteiger partial charge < -0.3 is 15.8 Å². The van der Waals surface area contributed by atoms with E-state index in [0.717, 1.165) is 12.8 Å². The smallest absolute Gasteiger partial charge is 0.220 e. The van der Waals surface area contributed by atoms with E-state index < -0.39 is 0 Å². The summed E-state index contributed by atoms with van der Waals surface area (Å²) < 4.78 is 5.13. The summed E-state index contributed by atoms with van der Waals surface area (Å²) >= 11 is 4.72. The zero-order valence-corrected chi connectivity index (χ0v) is 10.1. The molecule has 0 saturated heterocycles. The van der Waals surface area contributed by atoms with E-state index in [1.807, 2.05) is 6.92 Å². The Bertz CT molecular complexity index is 198. The van der Waals surface area contributed by atoms with Crippen LogP contribution in [0.4, 0.5) is 0 Å². The third-order valence-corrected chi connectivity index (χ3v) is 2.02. The Morgan fingerprint density at radius 1 is 1.40 bits per heavy atom. The van der Waals surface area contributed by atoms with Crippen molar-refractivity contribution in [2.24, 2.45) is 5.73 Å². The second kappa shape index (κ2) is 9.86. The average Bonchev–Trinajstić information content (AvgIpc) is 2.19. The molecule has 0 fully saturated rings. The first-order valence-corrected chi connectivity index (χ1v) is 5.70. The molecule has 0 rings (SSSR count). The molecule has 0 heterocycles. The van der Waals surface area contributed by atoms with Crippen LogP contribution in [-0.2, 0) is 9.53 Å². The maximum Gasteiger partial charge on any atom is 0.220 e. The Morgan fingerprint density at radius 3 is 2.73 bits per heavy atom. The highest BCUT2D eigenvalue weighted by Gasteiger charge is 2.00. The minimum atomic E-state index is 0.0673. The summed E-state index contributed by atoms with van der Waals surface area (Å²) in [5.74, 6) is 0.0673. The molecule has 88 valence electrons. The third-order valence-electron chi connectivity index (χ3n) is 1.82. The van der Waals surface area contributed by atoms with E-state index in [0.29, 0.717) is 37.6 Å². The van der Waals surface area contributed by atoms with E-state index in [9.17, 15) is 4.79 Å². The van der Waals surface area contributed by atoms with Crippen LogP contribution in [0.5, 0.6) is 0 Å². The lowest BCUT2D eigenvalue weighted by atomic mass is 10.3. The highest BCUT2D eigenvalue weighted by atomic mass is 32.1. The molecule has 0 aliphatic rings. The summed E-state index contributed by atoms with van der Waals surface area (Å²) in [5.41, 5.74) is 5.33. The van der Waals surface area contributed by atoms with Crippen LogP contribution in [0.2, 0.25) is 0 Å². The van der Waals surface area contributed by atoms with E-state index in [4.69, 9.17) is 22.7 Å². The molecule has 5 heteroatoms. The maximum atomic E-state index is 11.2. The van der Waals surface area contributed by atoms with Gasteiger partial charge in [-0.3, -0.25) is 4.79 Å². The third kappa shape index (κ3) is 11.2. The molecule has 1 amide bonds. The predicted octanol–water partition coefficient (Wildman–Crippen LogP) is 0.986. The fourth-order valence-electron chi connectivity index (χ4n) is 1.06. The Kier molecular flexibility index (Phi) is 9.41. The van der Waals surface area contributed by atoms with E-state index in [1.54, 1.807) is 0 Å². The van der Waals surface area contributed by atoms with Gasteiger partial charge in [-0.1, -0.05) is 12.2 Å². The van der Waals surface area contributed by atoms with Gasteiger partial charge in [0, 0.05) is 26.2 Å². The highest BCUT2D eigenvalue weighted by molar-refractivity contribution is 7.80. The highest BCUT2D eigenvalue weighted by Crippen LogP contribution is 1.91. The van der Waals surface area contributed by atoms with Crippen LogP contribution < -0.4 is 11.1 Å². The lowest BCUT2D eigenvalue weighted by Crippen LogP contribution is -2.25. The molecule has 0 spiro atoms. The van der Waals surface area contributed by atoms with E-state index in [-0.39, 0.29) is 5.91 Å². The fourth-order valence-corrected chi connectivity index (χ4v) is 1.20. The second-order valence-electron chi connectivity index (χ2n) is 3.22. The average molecular weight is 232 g/mol. The number of amides is 1. The first kappa shape index (κ1) is 14.3. The molecular formula is C10H20N2O2S. The molecule has 0 aliphatic carbocycles. The van der Waals surface area contributed by atoms with Crippen LogP contribution in [0.25, 0.3) is 0 Å². The van der Waals surface area contributed by atoms with E-state index in [2.05, 4.69) is 5.32 Å². The van der Waals surface area contributed by atoms with Crippen molar-refractivity contribution in [1.29, 1.82) is 0 Å². The molecule has 0 aromatic heterocycles. The van der Waals surface area contributed by atoms with E-state index >= 15 is 0 Å². The lowest BCUT2D eigenvalue weighted by Gasteiger charge is -2.04. The maximum absolute atomic E-state index is 11.2. The van der Waals surface area contributed by atoms with Crippen molar-refractivity contribution in [1.82, 2.24) is 5.32 Å². The number of thiocarbonyl (C=S) groups is 1. The normalized spacial score (nSPS) is 9.93. The molecule has 0 atom stereocenters. The molecular weight excluding hydrogens is 212 g/mol. The largest absolute Gasteiger partial charge is 0.393 e. The Balaban J connectivity index is 3.22. The number of carbonyl (C=O) groups excluding carboxylic acids is 1. The molecule has 15 heavy (non-hydrogen) atoms. The van der Waals surface area contributed by atoms with Crippen molar-refractivity contribution in [2.45, 2.75) is 32.6 Å². The number of rotatable bonds is 9. The second-order valence-corrected chi connectivity index (χ2v) is 3.74. The Hall–Kier alpha value is -0.680. The summed E-state index contributed by atoms with van der Waals surface area (Å²) in [6.07, 6.45) is 2.79. The first-order chi connectivity index (χ1) is 7.16. The van der Waals surface area contributed by atoms with Crippen molar-refractivity contribution >= 4 is 23.1 Å². The number of ether oxygens (including phenoxy) is 1. The van der Waals surface area contributed by atoms with Gasteiger partial charge in [0.05, 0.1) is 4.99 Å². The van der Waals surface area contributed by atoms with Gasteiger partial charge in [-0.25, -0.2) is 0 Å². The number of nitrogens with one attached hydrogen (secondary N) is 1. The van der Waals surface area contributed by atoms with Gasteiger partial charge >= 0.3 is 0 Å². The van der Waals surface area contributed by atoms with Crippen LogP contribution in [0.15, 0.2) is 0 Å². The van der Waals surface area contributed by atoms with Gasteiger partial charge in [0.2, 0.25) is 5.91 Å². The van der Waals surface area contributed by atoms with Gasteiger partial charge in [0.25, 0.3) is 0 Å². The Labute approximate surface area is 96.5 Å². The summed E-state index contributed by atoms with van der Waals surface area (Å²) in [4.78, 5) is 11.7. The first-order valence-electron chi connectivity index (χ1n) is 5.29. The summed E-state index contributed by atoms with van der Waals surface area (Å²) in [5, 5.41) is 2.81. The van der Waals surface area contributed by atoms with Crippen molar-refractivity contribution in [3.8, 4) is 0 Å². The zero-order chi connectivity index (χ0) is 11.5. The van der Waals surface area contributed by atoms with Gasteiger partial charge in [0.1, 0.15) is 0 Å². The van der Waals surface area contributed by atoms with Gasteiger partial charge in [0.15, 0.2) is 0 Å². The molecule has 0 saturated carbocycles. The quantitative estimate of drug-likeness (QED) is 0.459. The van der Waals surface area contributed by atoms with Gasteiger partial charge in [-0.15, -0.1) is 0 Å².